The Hall–Kier alpha value is -1.00. The molecule has 1 aromatic rings. The molecule has 0 aliphatic rings. The summed E-state index contributed by atoms with van der Waals surface area (Å²) in [5, 5.41) is 0.179. The maximum Gasteiger partial charge on any atom is 0.192 e. The van der Waals surface area contributed by atoms with E-state index >= 15 is 0 Å². The van der Waals surface area contributed by atoms with Crippen LogP contribution in [0.2, 0.25) is 5.02 Å². The summed E-state index contributed by atoms with van der Waals surface area (Å²) in [6, 6.07) is 2.88. The van der Waals surface area contributed by atoms with Gasteiger partial charge < -0.3 is 10.5 Å². The van der Waals surface area contributed by atoms with Gasteiger partial charge in [0.05, 0.1) is 18.0 Å². The van der Waals surface area contributed by atoms with Crippen molar-refractivity contribution < 1.29 is 9.13 Å². The van der Waals surface area contributed by atoms with E-state index in [4.69, 9.17) is 33.7 Å². The van der Waals surface area contributed by atoms with Gasteiger partial charge in [-0.15, -0.1) is 11.6 Å². The molecule has 6 heteroatoms. The zero-order chi connectivity index (χ0) is 11.4. The normalized spacial score (nSPS) is 11.6. The molecule has 0 fully saturated rings. The number of aliphatic imine (C=N–C) groups is 1. The van der Waals surface area contributed by atoms with Gasteiger partial charge in [-0.25, -0.2) is 9.38 Å². The predicted molar refractivity (Wildman–Crippen MR) is 60.0 cm³/mol. The number of nitrogens with zero attached hydrogens (tertiary/aromatic N) is 1. The molecule has 0 aliphatic carbocycles. The third kappa shape index (κ3) is 2.73. The van der Waals surface area contributed by atoms with Crippen LogP contribution in [0.4, 0.5) is 10.1 Å². The Balaban J connectivity index is 3.22. The highest BCUT2D eigenvalue weighted by Gasteiger charge is 2.12. The summed E-state index contributed by atoms with van der Waals surface area (Å²) in [5.74, 6) is -0.553. The first-order valence-electron chi connectivity index (χ1n) is 4.01. The van der Waals surface area contributed by atoms with Crippen molar-refractivity contribution in [3.63, 3.8) is 0 Å². The number of amidine groups is 1. The first-order chi connectivity index (χ1) is 7.10. The standard InChI is InChI=1S/C9H9Cl2FN2O/c1-15-9-5(11)2-3-6(8(9)12)14-7(13)4-10/h2-3H,4H2,1H3,(H2,13,14). The van der Waals surface area contributed by atoms with E-state index < -0.39 is 5.82 Å². The number of halogens is 3. The second-order valence-electron chi connectivity index (χ2n) is 2.65. The van der Waals surface area contributed by atoms with Crippen molar-refractivity contribution in [3.8, 4) is 5.75 Å². The van der Waals surface area contributed by atoms with E-state index in [9.17, 15) is 4.39 Å². The van der Waals surface area contributed by atoms with E-state index in [1.54, 1.807) is 0 Å². The number of rotatable bonds is 3. The molecular weight excluding hydrogens is 242 g/mol. The molecule has 3 nitrogen and oxygen atoms in total. The highest BCUT2D eigenvalue weighted by atomic mass is 35.5. The molecule has 0 aromatic heterocycles. The third-order valence-corrected chi connectivity index (χ3v) is 2.21. The average Bonchev–Trinajstić information content (AvgIpc) is 2.23. The zero-order valence-corrected chi connectivity index (χ0v) is 9.44. The molecule has 0 aliphatic heterocycles. The van der Waals surface area contributed by atoms with E-state index in [0.717, 1.165) is 0 Å². The Morgan fingerprint density at radius 3 is 2.80 bits per heavy atom. The lowest BCUT2D eigenvalue weighted by atomic mass is 10.3. The fourth-order valence-electron chi connectivity index (χ4n) is 0.980. The maximum absolute atomic E-state index is 13.6. The quantitative estimate of drug-likeness (QED) is 0.510. The highest BCUT2D eigenvalue weighted by molar-refractivity contribution is 6.32. The van der Waals surface area contributed by atoms with Crippen molar-refractivity contribution in [2.45, 2.75) is 0 Å². The van der Waals surface area contributed by atoms with Crippen LogP contribution in [0.3, 0.4) is 0 Å². The van der Waals surface area contributed by atoms with Crippen LogP contribution in [-0.4, -0.2) is 18.8 Å². The Morgan fingerprint density at radius 1 is 1.60 bits per heavy atom. The number of nitrogens with two attached hydrogens (primary N) is 1. The van der Waals surface area contributed by atoms with Crippen molar-refractivity contribution in [1.29, 1.82) is 0 Å². The molecule has 2 N–H and O–H groups in total. The smallest absolute Gasteiger partial charge is 0.192 e. The maximum atomic E-state index is 13.6. The molecule has 1 rings (SSSR count). The second kappa shape index (κ2) is 5.19. The molecular formula is C9H9Cl2FN2O. The molecule has 0 atom stereocenters. The van der Waals surface area contributed by atoms with Gasteiger partial charge >= 0.3 is 0 Å². The Kier molecular flexibility index (Phi) is 4.17. The van der Waals surface area contributed by atoms with Gasteiger partial charge in [-0.1, -0.05) is 11.6 Å². The Labute approximate surface area is 96.6 Å². The highest BCUT2D eigenvalue weighted by Crippen LogP contribution is 2.33. The van der Waals surface area contributed by atoms with Gasteiger partial charge in [0.25, 0.3) is 0 Å². The summed E-state index contributed by atoms with van der Waals surface area (Å²) < 4.78 is 18.4. The van der Waals surface area contributed by atoms with Crippen LogP contribution < -0.4 is 10.5 Å². The van der Waals surface area contributed by atoms with E-state index in [0.29, 0.717) is 0 Å². The van der Waals surface area contributed by atoms with Crippen LogP contribution in [0.15, 0.2) is 17.1 Å². The Morgan fingerprint density at radius 2 is 2.27 bits per heavy atom. The summed E-state index contributed by atoms with van der Waals surface area (Å²) in [6.45, 7) is 0. The minimum atomic E-state index is -0.655. The summed E-state index contributed by atoms with van der Waals surface area (Å²) in [7, 11) is 1.32. The minimum absolute atomic E-state index is 0.0321. The summed E-state index contributed by atoms with van der Waals surface area (Å²) >= 11 is 11.1. The lowest BCUT2D eigenvalue weighted by Gasteiger charge is -2.06. The lowest BCUT2D eigenvalue weighted by molar-refractivity contribution is 0.387. The van der Waals surface area contributed by atoms with E-state index in [2.05, 4.69) is 4.99 Å². The number of hydrogen-bond acceptors (Lipinski definition) is 2. The fourth-order valence-corrected chi connectivity index (χ4v) is 1.26. The number of ether oxygens (including phenoxy) is 1. The minimum Gasteiger partial charge on any atom is -0.492 e. The van der Waals surface area contributed by atoms with Crippen LogP contribution >= 0.6 is 23.2 Å². The molecule has 0 unspecified atom stereocenters. The zero-order valence-electron chi connectivity index (χ0n) is 7.93. The third-order valence-electron chi connectivity index (χ3n) is 1.63. The second-order valence-corrected chi connectivity index (χ2v) is 3.32. The number of hydrogen-bond donors (Lipinski definition) is 1. The molecule has 0 saturated heterocycles. The molecule has 0 bridgehead atoms. The summed E-state index contributed by atoms with van der Waals surface area (Å²) in [4.78, 5) is 3.78. The number of methoxy groups -OCH3 is 1. The molecule has 0 radical (unpaired) electrons. The average molecular weight is 251 g/mol. The monoisotopic (exact) mass is 250 g/mol. The molecule has 15 heavy (non-hydrogen) atoms. The molecule has 1 aromatic carbocycles. The first kappa shape index (κ1) is 12.1. The molecule has 0 heterocycles. The van der Waals surface area contributed by atoms with Crippen molar-refractivity contribution in [3.05, 3.63) is 23.0 Å². The van der Waals surface area contributed by atoms with Crippen molar-refractivity contribution in [2.75, 3.05) is 13.0 Å². The van der Waals surface area contributed by atoms with Crippen LogP contribution in [0.5, 0.6) is 5.75 Å². The molecule has 0 saturated carbocycles. The molecule has 82 valence electrons. The van der Waals surface area contributed by atoms with Gasteiger partial charge in [-0.05, 0) is 12.1 Å². The topological polar surface area (TPSA) is 47.6 Å². The largest absolute Gasteiger partial charge is 0.492 e. The molecule has 0 spiro atoms. The SMILES string of the molecule is COc1c(Cl)ccc(N=C(N)CCl)c1F. The fraction of sp³-hybridized carbons (Fsp3) is 0.222. The van der Waals surface area contributed by atoms with E-state index in [1.165, 1.54) is 19.2 Å². The van der Waals surface area contributed by atoms with Crippen LogP contribution in [-0.2, 0) is 0 Å². The summed E-state index contributed by atoms with van der Waals surface area (Å²) in [6.07, 6.45) is 0. The molecule has 0 amide bonds. The predicted octanol–water partition coefficient (Wildman–Crippen LogP) is 2.72. The van der Waals surface area contributed by atoms with Crippen LogP contribution in [0, 0.1) is 5.82 Å². The van der Waals surface area contributed by atoms with Gasteiger partial charge in [-0.3, -0.25) is 0 Å². The number of benzene rings is 1. The summed E-state index contributed by atoms with van der Waals surface area (Å²) in [5.41, 5.74) is 5.43. The van der Waals surface area contributed by atoms with Gasteiger partial charge in [0.1, 0.15) is 11.5 Å². The lowest BCUT2D eigenvalue weighted by Crippen LogP contribution is -2.12. The van der Waals surface area contributed by atoms with Crippen LogP contribution in [0.25, 0.3) is 0 Å². The van der Waals surface area contributed by atoms with Gasteiger partial charge in [-0.2, -0.15) is 0 Å². The van der Waals surface area contributed by atoms with E-state index in [-0.39, 0.29) is 28.2 Å². The van der Waals surface area contributed by atoms with Crippen molar-refractivity contribution in [2.24, 2.45) is 10.7 Å². The van der Waals surface area contributed by atoms with Crippen molar-refractivity contribution in [1.82, 2.24) is 0 Å². The Bertz CT molecular complexity index is 396. The van der Waals surface area contributed by atoms with Gasteiger partial charge in [0, 0.05) is 0 Å². The first-order valence-corrected chi connectivity index (χ1v) is 4.92. The van der Waals surface area contributed by atoms with Crippen LogP contribution in [0.1, 0.15) is 0 Å². The van der Waals surface area contributed by atoms with E-state index in [1.807, 2.05) is 0 Å². The van der Waals surface area contributed by atoms with Crippen molar-refractivity contribution >= 4 is 34.7 Å². The number of alkyl halides is 1. The van der Waals surface area contributed by atoms with Gasteiger partial charge in [0.2, 0.25) is 0 Å². The van der Waals surface area contributed by atoms with Gasteiger partial charge in [0.15, 0.2) is 11.6 Å².